The van der Waals surface area contributed by atoms with Crippen molar-refractivity contribution in [1.82, 2.24) is 9.97 Å². The molecule has 0 bridgehead atoms. The van der Waals surface area contributed by atoms with Gasteiger partial charge in [-0.2, -0.15) is 0 Å². The summed E-state index contributed by atoms with van der Waals surface area (Å²) in [5.74, 6) is -0.916. The number of rotatable bonds is 9. The summed E-state index contributed by atoms with van der Waals surface area (Å²) >= 11 is 0. The number of hydrogen-bond donors (Lipinski definition) is 0. The van der Waals surface area contributed by atoms with E-state index in [1.807, 2.05) is 0 Å². The first kappa shape index (κ1) is 36.4. The summed E-state index contributed by atoms with van der Waals surface area (Å²) in [6.07, 6.45) is 11.3. The fraction of sp³-hybridized carbons (Fsp3) is 0.619. The summed E-state index contributed by atoms with van der Waals surface area (Å²) in [5, 5.41) is 0. The molecule has 0 N–H and O–H groups in total. The summed E-state index contributed by atoms with van der Waals surface area (Å²) in [6.45, 7) is 14.4. The quantitative estimate of drug-likeness (QED) is 0.150. The fourth-order valence-corrected chi connectivity index (χ4v) is 11.1. The second-order valence-electron chi connectivity index (χ2n) is 17.2. The normalized spacial score (nSPS) is 36.9. The van der Waals surface area contributed by atoms with Gasteiger partial charge in [0.1, 0.15) is 18.3 Å². The zero-order valence-electron chi connectivity index (χ0n) is 31.4. The Bertz CT molecular complexity index is 1760. The third-order valence-corrected chi connectivity index (χ3v) is 14.3. The number of epoxide rings is 1. The monoisotopic (exact) mass is 712 g/mol. The second kappa shape index (κ2) is 13.2. The molecule has 7 rings (SSSR count). The van der Waals surface area contributed by atoms with Gasteiger partial charge < -0.3 is 18.9 Å². The van der Waals surface area contributed by atoms with E-state index in [0.29, 0.717) is 24.0 Å². The summed E-state index contributed by atoms with van der Waals surface area (Å²) < 4.78 is 25.0. The molecule has 10 nitrogen and oxygen atoms in total. The van der Waals surface area contributed by atoms with Crippen LogP contribution in [0.4, 0.5) is 0 Å². The van der Waals surface area contributed by atoms with Crippen LogP contribution in [0, 0.1) is 40.4 Å². The number of ether oxygens (including phenoxy) is 4. The Morgan fingerprint density at radius 3 is 2.15 bits per heavy atom. The number of carbonyl (C=O) groups is 4. The second-order valence-corrected chi connectivity index (χ2v) is 17.2. The van der Waals surface area contributed by atoms with Crippen LogP contribution in [-0.4, -0.2) is 63.2 Å². The van der Waals surface area contributed by atoms with E-state index in [4.69, 9.17) is 18.9 Å². The highest BCUT2D eigenvalue weighted by Crippen LogP contribution is 2.68. The minimum atomic E-state index is -0.584. The summed E-state index contributed by atoms with van der Waals surface area (Å²) in [6, 6.07) is 6.89. The molecular formula is C42H52N2O8. The molecule has 5 aliphatic rings. The van der Waals surface area contributed by atoms with E-state index in [0.717, 1.165) is 31.3 Å². The lowest BCUT2D eigenvalue weighted by atomic mass is 9.45. The number of aromatic nitrogens is 2. The van der Waals surface area contributed by atoms with Crippen molar-refractivity contribution in [2.24, 2.45) is 40.4 Å². The van der Waals surface area contributed by atoms with Crippen LogP contribution in [0.3, 0.4) is 0 Å². The molecule has 0 amide bonds. The van der Waals surface area contributed by atoms with Gasteiger partial charge in [-0.25, -0.2) is 9.59 Å². The van der Waals surface area contributed by atoms with Crippen molar-refractivity contribution in [1.29, 1.82) is 0 Å². The van der Waals surface area contributed by atoms with Gasteiger partial charge in [0.2, 0.25) is 0 Å². The Morgan fingerprint density at radius 2 is 1.56 bits per heavy atom. The maximum atomic E-state index is 13.7. The number of nitrogens with zero attached hydrogens (tertiary/aromatic N) is 2. The molecule has 10 heteroatoms. The van der Waals surface area contributed by atoms with Crippen LogP contribution in [0.5, 0.6) is 0 Å². The van der Waals surface area contributed by atoms with E-state index < -0.39 is 41.3 Å². The number of fused-ring (bicyclic) bond motifs is 5. The van der Waals surface area contributed by atoms with Gasteiger partial charge in [0, 0.05) is 62.3 Å². The molecule has 4 aliphatic carbocycles. The van der Waals surface area contributed by atoms with E-state index >= 15 is 0 Å². The van der Waals surface area contributed by atoms with E-state index in [1.54, 1.807) is 48.9 Å². The molecule has 3 heterocycles. The molecule has 2 aromatic heterocycles. The molecule has 4 fully saturated rings. The molecule has 0 unspecified atom stereocenters. The molecule has 3 saturated carbocycles. The zero-order chi connectivity index (χ0) is 37.2. The van der Waals surface area contributed by atoms with Gasteiger partial charge in [-0.05, 0) is 106 Å². The Hall–Kier alpha value is -3.92. The van der Waals surface area contributed by atoms with E-state index in [1.165, 1.54) is 13.1 Å². The smallest absolute Gasteiger partial charge is 0.339 e. The SMILES string of the molecule is CC(=O)O[C@H]1CC(=O)C=C2C[C@@H](OC(=O)c3cccnc3)[C@H]3[C@@H]4CC[C@H]([C@H](C)[C@@H](C[C@]5(C)OC5(C)C)OC(=O)c5cccnc5)[C@@]4(C)CC[C@@H]3[C@]21C. The van der Waals surface area contributed by atoms with Gasteiger partial charge in [-0.15, -0.1) is 0 Å². The van der Waals surface area contributed by atoms with Crippen molar-refractivity contribution >= 4 is 23.7 Å². The van der Waals surface area contributed by atoms with Crippen LogP contribution < -0.4 is 0 Å². The summed E-state index contributed by atoms with van der Waals surface area (Å²) in [7, 11) is 0. The largest absolute Gasteiger partial charge is 0.461 e. The minimum absolute atomic E-state index is 0.0103. The third kappa shape index (κ3) is 6.18. The number of carbonyl (C=O) groups excluding carboxylic acids is 4. The molecule has 1 saturated heterocycles. The maximum absolute atomic E-state index is 13.7. The molecule has 52 heavy (non-hydrogen) atoms. The van der Waals surface area contributed by atoms with Crippen LogP contribution in [0.25, 0.3) is 0 Å². The standard InChI is InChI=1S/C42H52N2O8/c1-24(34(21-41(6)39(3,4)52-41)51-38(48)27-11-9-17-44-23-27)30-12-13-31-36-32(14-15-40(30,31)5)42(7)28(18-29(46)20-35(42)49-25(2)45)19-33(36)50-37(47)26-10-8-16-43-22-26/h8-11,16-18,22-24,30-36H,12-15,19-21H2,1-7H3/t24-,30+,31-,32-,33+,34+,35-,36-,40+,41-,42-/m0/s1. The molecule has 0 spiro atoms. The molecule has 11 atom stereocenters. The lowest BCUT2D eigenvalue weighted by molar-refractivity contribution is -0.173. The predicted molar refractivity (Wildman–Crippen MR) is 191 cm³/mol. The zero-order valence-corrected chi connectivity index (χ0v) is 31.4. The lowest BCUT2D eigenvalue weighted by Crippen LogP contribution is -2.60. The first-order valence-electron chi connectivity index (χ1n) is 18.9. The molecule has 0 aromatic carbocycles. The first-order valence-corrected chi connectivity index (χ1v) is 18.9. The average molecular weight is 713 g/mol. The van der Waals surface area contributed by atoms with Gasteiger partial charge in [-0.1, -0.05) is 26.3 Å². The summed E-state index contributed by atoms with van der Waals surface area (Å²) in [4.78, 5) is 60.9. The Balaban J connectivity index is 1.23. The number of hydrogen-bond acceptors (Lipinski definition) is 10. The third-order valence-electron chi connectivity index (χ3n) is 14.3. The van der Waals surface area contributed by atoms with Crippen LogP contribution in [0.1, 0.15) is 114 Å². The number of esters is 3. The molecule has 1 aliphatic heterocycles. The molecule has 278 valence electrons. The predicted octanol–water partition coefficient (Wildman–Crippen LogP) is 7.12. The van der Waals surface area contributed by atoms with E-state index in [2.05, 4.69) is 51.5 Å². The molecule has 2 aromatic rings. The molecule has 0 radical (unpaired) electrons. The van der Waals surface area contributed by atoms with Gasteiger partial charge in [0.25, 0.3) is 0 Å². The van der Waals surface area contributed by atoms with Gasteiger partial charge >= 0.3 is 17.9 Å². The van der Waals surface area contributed by atoms with Crippen molar-refractivity contribution in [2.75, 3.05) is 0 Å². The van der Waals surface area contributed by atoms with E-state index in [-0.39, 0.29) is 58.8 Å². The average Bonchev–Trinajstić information content (AvgIpc) is 3.40. The number of pyridine rings is 2. The van der Waals surface area contributed by atoms with Crippen molar-refractivity contribution in [3.8, 4) is 0 Å². The Labute approximate surface area is 306 Å². The van der Waals surface area contributed by atoms with E-state index in [9.17, 15) is 19.2 Å². The van der Waals surface area contributed by atoms with Crippen molar-refractivity contribution in [3.63, 3.8) is 0 Å². The van der Waals surface area contributed by atoms with Crippen LogP contribution in [0.2, 0.25) is 0 Å². The first-order chi connectivity index (χ1) is 24.6. The minimum Gasteiger partial charge on any atom is -0.461 e. The van der Waals surface area contributed by atoms with Crippen molar-refractivity contribution in [3.05, 3.63) is 71.8 Å². The highest BCUT2D eigenvalue weighted by atomic mass is 16.6. The van der Waals surface area contributed by atoms with Crippen molar-refractivity contribution < 1.29 is 38.1 Å². The lowest BCUT2D eigenvalue weighted by Gasteiger charge is -2.61. The Kier molecular flexibility index (Phi) is 9.24. The highest BCUT2D eigenvalue weighted by molar-refractivity contribution is 5.93. The molecular weight excluding hydrogens is 660 g/mol. The maximum Gasteiger partial charge on any atom is 0.339 e. The van der Waals surface area contributed by atoms with Gasteiger partial charge in [-0.3, -0.25) is 19.6 Å². The number of ketones is 1. The Morgan fingerprint density at radius 1 is 0.904 bits per heavy atom. The van der Waals surface area contributed by atoms with Gasteiger partial charge in [0.05, 0.1) is 22.3 Å². The van der Waals surface area contributed by atoms with Crippen LogP contribution >= 0.6 is 0 Å². The van der Waals surface area contributed by atoms with Gasteiger partial charge in [0.15, 0.2) is 5.78 Å². The topological polar surface area (TPSA) is 134 Å². The van der Waals surface area contributed by atoms with Crippen LogP contribution in [0.15, 0.2) is 60.7 Å². The fourth-order valence-electron chi connectivity index (χ4n) is 11.1. The van der Waals surface area contributed by atoms with Crippen LogP contribution in [-0.2, 0) is 28.5 Å². The highest BCUT2D eigenvalue weighted by Gasteiger charge is 2.66. The van der Waals surface area contributed by atoms with Crippen molar-refractivity contribution in [2.45, 2.75) is 123 Å². The summed E-state index contributed by atoms with van der Waals surface area (Å²) in [5.41, 5.74) is 0.230.